The van der Waals surface area contributed by atoms with Crippen molar-refractivity contribution in [3.63, 3.8) is 0 Å². The summed E-state index contributed by atoms with van der Waals surface area (Å²) in [6, 6.07) is 6.16. The van der Waals surface area contributed by atoms with Crippen LogP contribution in [0.15, 0.2) is 23.6 Å². The van der Waals surface area contributed by atoms with Crippen LogP contribution in [0.4, 0.5) is 5.82 Å². The van der Waals surface area contributed by atoms with Gasteiger partial charge in [0.05, 0.1) is 15.4 Å². The summed E-state index contributed by atoms with van der Waals surface area (Å²) in [5.41, 5.74) is 3.17. The average Bonchev–Trinajstić information content (AvgIpc) is 2.78. The number of aryl methyl sites for hydroxylation is 2. The van der Waals surface area contributed by atoms with Gasteiger partial charge in [0.25, 0.3) is 0 Å². The fraction of sp³-hybridized carbons (Fsp3) is 0.200. The van der Waals surface area contributed by atoms with Crippen molar-refractivity contribution in [1.29, 1.82) is 0 Å². The molecule has 20 heavy (non-hydrogen) atoms. The molecule has 2 aromatic heterocycles. The van der Waals surface area contributed by atoms with Crippen molar-refractivity contribution in [1.82, 2.24) is 9.97 Å². The summed E-state index contributed by atoms with van der Waals surface area (Å²) in [5, 5.41) is 6.94. The normalized spacial score (nSPS) is 11.0. The second-order valence-corrected chi connectivity index (χ2v) is 5.99. The predicted octanol–water partition coefficient (Wildman–Crippen LogP) is 4.67. The fourth-order valence-electron chi connectivity index (χ4n) is 2.12. The number of nitrogens with one attached hydrogen (secondary N) is 1. The highest BCUT2D eigenvalue weighted by Crippen LogP contribution is 2.36. The lowest BCUT2D eigenvalue weighted by molar-refractivity contribution is 1.22. The Morgan fingerprint density at radius 1 is 1.20 bits per heavy atom. The quantitative estimate of drug-likeness (QED) is 0.747. The molecule has 3 rings (SSSR count). The third-order valence-corrected chi connectivity index (χ3v) is 4.88. The lowest BCUT2D eigenvalue weighted by atomic mass is 10.1. The molecule has 0 saturated carbocycles. The minimum absolute atomic E-state index is 0.675. The largest absolute Gasteiger partial charge is 0.373 e. The van der Waals surface area contributed by atoms with Gasteiger partial charge in [-0.15, -0.1) is 11.3 Å². The van der Waals surface area contributed by atoms with Gasteiger partial charge in [0, 0.05) is 12.4 Å². The molecule has 3 aromatic rings. The molecule has 1 aromatic carbocycles. The number of hydrogen-bond acceptors (Lipinski definition) is 4. The summed E-state index contributed by atoms with van der Waals surface area (Å²) in [7, 11) is 1.87. The van der Waals surface area contributed by atoms with Crippen LogP contribution in [0, 0.1) is 13.8 Å². The van der Waals surface area contributed by atoms with E-state index in [2.05, 4.69) is 34.3 Å². The highest BCUT2D eigenvalue weighted by Gasteiger charge is 2.14. The second kappa shape index (κ2) is 5.04. The van der Waals surface area contributed by atoms with Gasteiger partial charge in [0.1, 0.15) is 5.82 Å². The van der Waals surface area contributed by atoms with Gasteiger partial charge in [0.15, 0.2) is 5.82 Å². The zero-order chi connectivity index (χ0) is 14.3. The van der Waals surface area contributed by atoms with Gasteiger partial charge in [-0.1, -0.05) is 23.2 Å². The minimum atomic E-state index is 0.675. The Morgan fingerprint density at radius 3 is 2.65 bits per heavy atom. The molecule has 3 nitrogen and oxygen atoms in total. The van der Waals surface area contributed by atoms with Crippen LogP contribution in [0.2, 0.25) is 5.02 Å². The maximum atomic E-state index is 6.33. The zero-order valence-electron chi connectivity index (χ0n) is 11.5. The Labute approximate surface area is 126 Å². The number of hydrogen-bond donors (Lipinski definition) is 1. The summed E-state index contributed by atoms with van der Waals surface area (Å²) >= 11 is 7.90. The van der Waals surface area contributed by atoms with E-state index in [9.17, 15) is 0 Å². The molecule has 1 N–H and O–H groups in total. The summed E-state index contributed by atoms with van der Waals surface area (Å²) in [6.45, 7) is 4.05. The maximum absolute atomic E-state index is 6.33. The van der Waals surface area contributed by atoms with Crippen molar-refractivity contribution in [2.24, 2.45) is 0 Å². The number of anilines is 1. The second-order valence-electron chi connectivity index (χ2n) is 4.73. The van der Waals surface area contributed by atoms with Crippen LogP contribution < -0.4 is 5.32 Å². The van der Waals surface area contributed by atoms with E-state index in [1.165, 1.54) is 5.56 Å². The van der Waals surface area contributed by atoms with Gasteiger partial charge in [-0.3, -0.25) is 0 Å². The van der Waals surface area contributed by atoms with Gasteiger partial charge in [0.2, 0.25) is 0 Å². The van der Waals surface area contributed by atoms with Crippen LogP contribution >= 0.6 is 22.9 Å². The van der Waals surface area contributed by atoms with E-state index in [1.54, 1.807) is 11.3 Å². The van der Waals surface area contributed by atoms with Gasteiger partial charge in [-0.05, 0) is 36.9 Å². The highest BCUT2D eigenvalue weighted by atomic mass is 35.5. The summed E-state index contributed by atoms with van der Waals surface area (Å²) in [5.74, 6) is 1.50. The standard InChI is InChI=1S/C15H14ClN3S/c1-8-4-5-11-10(6-8)14(17-3)19-15(18-11)13-12(16)9(2)7-20-13/h4-7H,1-3H3,(H,17,18,19). The first-order valence-electron chi connectivity index (χ1n) is 6.30. The summed E-state index contributed by atoms with van der Waals surface area (Å²) < 4.78 is 0. The van der Waals surface area contributed by atoms with E-state index in [0.717, 1.165) is 32.2 Å². The van der Waals surface area contributed by atoms with Crippen LogP contribution in [0.25, 0.3) is 21.6 Å². The topological polar surface area (TPSA) is 37.8 Å². The lowest BCUT2D eigenvalue weighted by Crippen LogP contribution is -1.98. The molecule has 0 aliphatic heterocycles. The molecular weight excluding hydrogens is 290 g/mol. The highest BCUT2D eigenvalue weighted by molar-refractivity contribution is 7.14. The SMILES string of the molecule is CNc1nc(-c2scc(C)c2Cl)nc2ccc(C)cc12. The van der Waals surface area contributed by atoms with Crippen molar-refractivity contribution in [2.45, 2.75) is 13.8 Å². The molecule has 0 radical (unpaired) electrons. The molecule has 0 amide bonds. The lowest BCUT2D eigenvalue weighted by Gasteiger charge is -2.08. The Morgan fingerprint density at radius 2 is 2.00 bits per heavy atom. The third kappa shape index (κ3) is 2.15. The molecular formula is C15H14ClN3S. The molecule has 102 valence electrons. The number of halogens is 1. The molecule has 0 saturated heterocycles. The number of thiophene rings is 1. The van der Waals surface area contributed by atoms with Crippen LogP contribution in [0.1, 0.15) is 11.1 Å². The van der Waals surface area contributed by atoms with Crippen LogP contribution in [0.3, 0.4) is 0 Å². The van der Waals surface area contributed by atoms with Crippen LogP contribution in [0.5, 0.6) is 0 Å². The zero-order valence-corrected chi connectivity index (χ0v) is 13.1. The monoisotopic (exact) mass is 303 g/mol. The van der Waals surface area contributed by atoms with Gasteiger partial charge >= 0.3 is 0 Å². The number of aromatic nitrogens is 2. The fourth-order valence-corrected chi connectivity index (χ4v) is 3.33. The Balaban J connectivity index is 2.28. The minimum Gasteiger partial charge on any atom is -0.373 e. The van der Waals surface area contributed by atoms with E-state index in [4.69, 9.17) is 11.6 Å². The number of rotatable bonds is 2. The molecule has 5 heteroatoms. The molecule has 0 aliphatic carbocycles. The average molecular weight is 304 g/mol. The molecule has 0 bridgehead atoms. The molecule has 2 heterocycles. The van der Waals surface area contributed by atoms with Crippen molar-refractivity contribution < 1.29 is 0 Å². The molecule has 0 unspecified atom stereocenters. The third-order valence-electron chi connectivity index (χ3n) is 3.19. The van der Waals surface area contributed by atoms with Crippen molar-refractivity contribution in [2.75, 3.05) is 12.4 Å². The van der Waals surface area contributed by atoms with E-state index in [0.29, 0.717) is 5.82 Å². The van der Waals surface area contributed by atoms with Gasteiger partial charge in [-0.25, -0.2) is 9.97 Å². The Kier molecular flexibility index (Phi) is 3.36. The molecule has 0 fully saturated rings. The van der Waals surface area contributed by atoms with E-state index < -0.39 is 0 Å². The van der Waals surface area contributed by atoms with Gasteiger partial charge < -0.3 is 5.32 Å². The van der Waals surface area contributed by atoms with Gasteiger partial charge in [-0.2, -0.15) is 0 Å². The molecule has 0 aliphatic rings. The predicted molar refractivity (Wildman–Crippen MR) is 86.9 cm³/mol. The van der Waals surface area contributed by atoms with Crippen LogP contribution in [-0.2, 0) is 0 Å². The van der Waals surface area contributed by atoms with E-state index in [1.807, 2.05) is 25.4 Å². The summed E-state index contributed by atoms with van der Waals surface area (Å²) in [4.78, 5) is 10.2. The Bertz CT molecular complexity index is 795. The molecule has 0 atom stereocenters. The Hall–Kier alpha value is -1.65. The maximum Gasteiger partial charge on any atom is 0.173 e. The van der Waals surface area contributed by atoms with Crippen molar-refractivity contribution in [3.8, 4) is 10.7 Å². The van der Waals surface area contributed by atoms with Crippen molar-refractivity contribution >= 4 is 39.7 Å². The number of fused-ring (bicyclic) bond motifs is 1. The first-order chi connectivity index (χ1) is 9.60. The van der Waals surface area contributed by atoms with E-state index >= 15 is 0 Å². The van der Waals surface area contributed by atoms with E-state index in [-0.39, 0.29) is 0 Å². The first kappa shape index (κ1) is 13.3. The van der Waals surface area contributed by atoms with Crippen LogP contribution in [-0.4, -0.2) is 17.0 Å². The number of nitrogens with zero attached hydrogens (tertiary/aromatic N) is 2. The smallest absolute Gasteiger partial charge is 0.173 e. The first-order valence-corrected chi connectivity index (χ1v) is 7.56. The molecule has 0 spiro atoms. The number of benzene rings is 1. The van der Waals surface area contributed by atoms with Crippen molar-refractivity contribution in [3.05, 3.63) is 39.7 Å². The summed E-state index contributed by atoms with van der Waals surface area (Å²) in [6.07, 6.45) is 0.